The van der Waals surface area contributed by atoms with Crippen LogP contribution in [-0.4, -0.2) is 48.1 Å². The van der Waals surface area contributed by atoms with E-state index in [2.05, 4.69) is 40.0 Å². The van der Waals surface area contributed by atoms with Crippen molar-refractivity contribution >= 4 is 53.8 Å². The van der Waals surface area contributed by atoms with Crippen LogP contribution >= 0.6 is 47.9 Å². The molecule has 2 fully saturated rings. The van der Waals surface area contributed by atoms with Gasteiger partial charge in [-0.3, -0.25) is 15.0 Å². The number of thioether (sulfide) groups is 1. The number of hydrogen-bond donors (Lipinski definition) is 2. The lowest BCUT2D eigenvalue weighted by atomic mass is 9.97. The summed E-state index contributed by atoms with van der Waals surface area (Å²) in [6.45, 7) is 5.33. The fourth-order valence-corrected chi connectivity index (χ4v) is 4.92. The zero-order chi connectivity index (χ0) is 15.4. The first-order valence-electron chi connectivity index (χ1n) is 8.10. The van der Waals surface area contributed by atoms with Crippen LogP contribution in [0.1, 0.15) is 30.7 Å². The number of nitrogens with one attached hydrogen (secondary N) is 2. The highest BCUT2D eigenvalue weighted by Gasteiger charge is 2.27. The molecule has 2 saturated heterocycles. The van der Waals surface area contributed by atoms with Gasteiger partial charge >= 0.3 is 0 Å². The molecule has 0 saturated carbocycles. The number of carbonyl (C=O) groups is 1. The fraction of sp³-hybridized carbons (Fsp3) is 0.688. The number of amides is 1. The number of halogens is 2. The van der Waals surface area contributed by atoms with Gasteiger partial charge in [-0.05, 0) is 43.3 Å². The maximum Gasteiger partial charge on any atom is 0.238 e. The molecule has 0 radical (unpaired) electrons. The van der Waals surface area contributed by atoms with Crippen molar-refractivity contribution in [2.75, 3.05) is 31.3 Å². The highest BCUT2D eigenvalue weighted by Crippen LogP contribution is 2.29. The van der Waals surface area contributed by atoms with Crippen LogP contribution in [0.4, 0.5) is 0 Å². The molecule has 0 bridgehead atoms. The Labute approximate surface area is 165 Å². The van der Waals surface area contributed by atoms with E-state index < -0.39 is 0 Å². The van der Waals surface area contributed by atoms with Crippen molar-refractivity contribution in [1.82, 2.24) is 15.5 Å². The normalized spacial score (nSPS) is 23.1. The predicted molar refractivity (Wildman–Crippen MR) is 109 cm³/mol. The van der Waals surface area contributed by atoms with Gasteiger partial charge in [-0.2, -0.15) is 0 Å². The van der Waals surface area contributed by atoms with Crippen molar-refractivity contribution in [2.45, 2.75) is 31.8 Å². The van der Waals surface area contributed by atoms with Gasteiger partial charge in [-0.25, -0.2) is 0 Å². The third kappa shape index (κ3) is 5.78. The predicted octanol–water partition coefficient (Wildman–Crippen LogP) is 3.14. The van der Waals surface area contributed by atoms with Gasteiger partial charge in [0.1, 0.15) is 0 Å². The van der Waals surface area contributed by atoms with Gasteiger partial charge < -0.3 is 5.32 Å². The van der Waals surface area contributed by atoms with Crippen molar-refractivity contribution in [3.05, 3.63) is 22.4 Å². The summed E-state index contributed by atoms with van der Waals surface area (Å²) in [6.07, 6.45) is 2.52. The summed E-state index contributed by atoms with van der Waals surface area (Å²) in [5, 5.41) is 8.54. The zero-order valence-electron chi connectivity index (χ0n) is 13.9. The van der Waals surface area contributed by atoms with E-state index in [9.17, 15) is 4.79 Å². The Morgan fingerprint density at radius 3 is 2.75 bits per heavy atom. The summed E-state index contributed by atoms with van der Waals surface area (Å²) in [4.78, 5) is 16.2. The summed E-state index contributed by atoms with van der Waals surface area (Å²) >= 11 is 3.59. The molecule has 2 unspecified atom stereocenters. The molecule has 138 valence electrons. The number of hydrogen-bond acceptors (Lipinski definition) is 5. The molecule has 1 aromatic heterocycles. The standard InChI is InChI=1S/C16H25N3OS2.2ClH/c1-12-4-6-19(7-5-12)14(15-3-2-8-22-15)9-17-16(20)13-10-21-11-18-13;;/h2-3,8,12-14,18H,4-7,9-11H2,1H3,(H,17,20);2*1H. The summed E-state index contributed by atoms with van der Waals surface area (Å²) in [7, 11) is 0. The molecule has 8 heteroatoms. The minimum absolute atomic E-state index is 0. The molecule has 0 spiro atoms. The third-order valence-corrected chi connectivity index (χ3v) is 6.55. The maximum atomic E-state index is 12.3. The average Bonchev–Trinajstić information content (AvgIpc) is 3.22. The Balaban J connectivity index is 0.00000144. The molecule has 1 amide bonds. The van der Waals surface area contributed by atoms with Gasteiger partial charge in [0.2, 0.25) is 5.91 Å². The quantitative estimate of drug-likeness (QED) is 0.780. The van der Waals surface area contributed by atoms with Gasteiger partial charge in [0, 0.05) is 23.1 Å². The smallest absolute Gasteiger partial charge is 0.238 e. The van der Waals surface area contributed by atoms with Crippen LogP contribution < -0.4 is 10.6 Å². The lowest BCUT2D eigenvalue weighted by Gasteiger charge is -2.36. The summed E-state index contributed by atoms with van der Waals surface area (Å²) in [6, 6.07) is 4.61. The number of carbonyl (C=O) groups excluding carboxylic acids is 1. The van der Waals surface area contributed by atoms with Crippen molar-refractivity contribution in [2.24, 2.45) is 5.92 Å². The van der Waals surface area contributed by atoms with Crippen LogP contribution in [0.15, 0.2) is 17.5 Å². The lowest BCUT2D eigenvalue weighted by molar-refractivity contribution is -0.122. The average molecular weight is 412 g/mol. The number of rotatable bonds is 5. The SMILES string of the molecule is CC1CCN(C(CNC(=O)C2CSCN2)c2cccs2)CC1.Cl.Cl. The van der Waals surface area contributed by atoms with Crippen molar-refractivity contribution in [3.8, 4) is 0 Å². The van der Waals surface area contributed by atoms with Crippen LogP contribution in [-0.2, 0) is 4.79 Å². The first-order chi connectivity index (χ1) is 10.7. The Hall–Kier alpha value is 0.0200. The fourth-order valence-electron chi connectivity index (χ4n) is 3.11. The van der Waals surface area contributed by atoms with E-state index in [-0.39, 0.29) is 36.8 Å². The second-order valence-corrected chi connectivity index (χ2v) is 8.28. The lowest BCUT2D eigenvalue weighted by Crippen LogP contribution is -2.46. The van der Waals surface area contributed by atoms with E-state index in [0.29, 0.717) is 6.04 Å². The number of nitrogens with zero attached hydrogens (tertiary/aromatic N) is 1. The molecule has 24 heavy (non-hydrogen) atoms. The number of piperidine rings is 1. The van der Waals surface area contributed by atoms with Crippen molar-refractivity contribution in [3.63, 3.8) is 0 Å². The van der Waals surface area contributed by atoms with Crippen LogP contribution in [0.5, 0.6) is 0 Å². The van der Waals surface area contributed by atoms with E-state index in [1.165, 1.54) is 17.7 Å². The van der Waals surface area contributed by atoms with Gasteiger partial charge in [0.05, 0.1) is 12.1 Å². The monoisotopic (exact) mass is 411 g/mol. The van der Waals surface area contributed by atoms with E-state index >= 15 is 0 Å². The van der Waals surface area contributed by atoms with Crippen LogP contribution in [0.3, 0.4) is 0 Å². The summed E-state index contributed by atoms with van der Waals surface area (Å²) in [5.41, 5.74) is 0. The van der Waals surface area contributed by atoms with E-state index in [1.54, 1.807) is 23.1 Å². The zero-order valence-corrected chi connectivity index (χ0v) is 17.2. The van der Waals surface area contributed by atoms with Crippen LogP contribution in [0.2, 0.25) is 0 Å². The largest absolute Gasteiger partial charge is 0.353 e. The molecule has 3 rings (SSSR count). The summed E-state index contributed by atoms with van der Waals surface area (Å²) < 4.78 is 0. The molecule has 2 aliphatic rings. The topological polar surface area (TPSA) is 44.4 Å². The van der Waals surface area contributed by atoms with Gasteiger partial charge in [0.15, 0.2) is 0 Å². The molecule has 1 aromatic rings. The molecular formula is C16H27Cl2N3OS2. The molecular weight excluding hydrogens is 385 g/mol. The molecule has 4 nitrogen and oxygen atoms in total. The Bertz CT molecular complexity index is 476. The second kappa shape index (κ2) is 10.9. The number of likely N-dealkylation sites (tertiary alicyclic amines) is 1. The first kappa shape index (κ1) is 22.1. The first-order valence-corrected chi connectivity index (χ1v) is 10.1. The van der Waals surface area contributed by atoms with Crippen molar-refractivity contribution < 1.29 is 4.79 Å². The highest BCUT2D eigenvalue weighted by molar-refractivity contribution is 7.99. The van der Waals surface area contributed by atoms with Crippen LogP contribution in [0, 0.1) is 5.92 Å². The Kier molecular flexibility index (Phi) is 10.0. The Morgan fingerprint density at radius 2 is 2.17 bits per heavy atom. The molecule has 0 aromatic carbocycles. The van der Waals surface area contributed by atoms with E-state index in [4.69, 9.17) is 0 Å². The van der Waals surface area contributed by atoms with Crippen LogP contribution in [0.25, 0.3) is 0 Å². The second-order valence-electron chi connectivity index (χ2n) is 6.27. The molecule has 2 atom stereocenters. The van der Waals surface area contributed by atoms with E-state index in [0.717, 1.165) is 37.2 Å². The Morgan fingerprint density at radius 1 is 1.42 bits per heavy atom. The van der Waals surface area contributed by atoms with E-state index in [1.807, 2.05) is 0 Å². The number of thiophene rings is 1. The molecule has 2 N–H and O–H groups in total. The van der Waals surface area contributed by atoms with Gasteiger partial charge in [-0.15, -0.1) is 47.9 Å². The third-order valence-electron chi connectivity index (χ3n) is 4.63. The maximum absolute atomic E-state index is 12.3. The minimum atomic E-state index is -0.0182. The minimum Gasteiger partial charge on any atom is -0.353 e. The van der Waals surface area contributed by atoms with Crippen molar-refractivity contribution in [1.29, 1.82) is 0 Å². The van der Waals surface area contributed by atoms with Gasteiger partial charge in [0.25, 0.3) is 0 Å². The molecule has 0 aliphatic carbocycles. The summed E-state index contributed by atoms with van der Waals surface area (Å²) in [5.74, 6) is 2.75. The highest BCUT2D eigenvalue weighted by atomic mass is 35.5. The molecule has 2 aliphatic heterocycles. The van der Waals surface area contributed by atoms with Gasteiger partial charge in [-0.1, -0.05) is 13.0 Å². The molecule has 3 heterocycles.